The lowest BCUT2D eigenvalue weighted by Gasteiger charge is -2.38. The van der Waals surface area contributed by atoms with Crippen molar-refractivity contribution in [1.82, 2.24) is 19.9 Å². The maximum Gasteiger partial charge on any atom is 0.433 e. The van der Waals surface area contributed by atoms with Crippen molar-refractivity contribution in [3.8, 4) is 0 Å². The summed E-state index contributed by atoms with van der Waals surface area (Å²) in [4.78, 5) is 30.8. The number of anilines is 3. The van der Waals surface area contributed by atoms with Crippen LogP contribution >= 0.6 is 0 Å². The van der Waals surface area contributed by atoms with E-state index in [2.05, 4.69) is 25.6 Å². The zero-order valence-electron chi connectivity index (χ0n) is 18.4. The summed E-state index contributed by atoms with van der Waals surface area (Å²) >= 11 is 0. The van der Waals surface area contributed by atoms with Gasteiger partial charge >= 0.3 is 6.18 Å². The van der Waals surface area contributed by atoms with Crippen LogP contribution in [0.15, 0.2) is 12.4 Å². The molecule has 172 valence electrons. The molecule has 2 aromatic rings. The zero-order chi connectivity index (χ0) is 23.2. The van der Waals surface area contributed by atoms with Crippen LogP contribution in [0.5, 0.6) is 0 Å². The van der Waals surface area contributed by atoms with Gasteiger partial charge in [0.25, 0.3) is 0 Å². The van der Waals surface area contributed by atoms with Crippen molar-refractivity contribution in [3.05, 3.63) is 29.6 Å². The van der Waals surface area contributed by atoms with Crippen molar-refractivity contribution in [2.75, 3.05) is 22.6 Å². The Balaban J connectivity index is 1.40. The number of halogens is 3. The number of aromatic nitrogens is 4. The highest BCUT2D eigenvalue weighted by atomic mass is 19.4. The van der Waals surface area contributed by atoms with Gasteiger partial charge in [-0.15, -0.1) is 0 Å². The lowest BCUT2D eigenvalue weighted by Crippen LogP contribution is -2.50. The van der Waals surface area contributed by atoms with Crippen molar-refractivity contribution < 1.29 is 18.0 Å². The van der Waals surface area contributed by atoms with Crippen molar-refractivity contribution in [2.24, 2.45) is 11.8 Å². The summed E-state index contributed by atoms with van der Waals surface area (Å²) in [6.45, 7) is 5.85. The molecule has 0 radical (unpaired) electrons. The van der Waals surface area contributed by atoms with Crippen LogP contribution in [0.2, 0.25) is 0 Å². The van der Waals surface area contributed by atoms with E-state index in [4.69, 9.17) is 4.98 Å². The summed E-state index contributed by atoms with van der Waals surface area (Å²) in [5.41, 5.74) is 0.414. The number of rotatable bonds is 5. The lowest BCUT2D eigenvalue weighted by atomic mass is 9.78. The molecule has 8 nitrogen and oxygen atoms in total. The largest absolute Gasteiger partial charge is 0.433 e. The first-order valence-corrected chi connectivity index (χ1v) is 10.6. The molecule has 0 saturated heterocycles. The molecule has 1 aliphatic heterocycles. The van der Waals surface area contributed by atoms with Gasteiger partial charge in [-0.2, -0.15) is 13.2 Å². The first kappa shape index (κ1) is 22.2. The van der Waals surface area contributed by atoms with Crippen LogP contribution in [0.3, 0.4) is 0 Å². The predicted molar refractivity (Wildman–Crippen MR) is 113 cm³/mol. The standard InChI is InChI=1S/C21H26F3N7O/c1-10(2)18-20(32)30-17-11(3)27-16(29-19(17)31(18)4)7-12-5-13(6-12)28-15-8-14(21(22,23)24)25-9-26-15/h8-10,12-13,18H,5-7H2,1-4H3,(H,30,32)(H,25,26,28)/t12?,13?,18-/m0/s1. The molecule has 1 aliphatic carbocycles. The third kappa shape index (κ3) is 4.33. The molecule has 2 aliphatic rings. The van der Waals surface area contributed by atoms with Gasteiger partial charge in [0.2, 0.25) is 5.91 Å². The Hall–Kier alpha value is -2.98. The molecule has 1 saturated carbocycles. The minimum absolute atomic E-state index is 0.0435. The minimum Gasteiger partial charge on any atom is -0.367 e. The van der Waals surface area contributed by atoms with Crippen molar-refractivity contribution in [3.63, 3.8) is 0 Å². The normalized spacial score (nSPS) is 22.9. The predicted octanol–water partition coefficient (Wildman–Crippen LogP) is 3.44. The summed E-state index contributed by atoms with van der Waals surface area (Å²) in [6.07, 6.45) is -1.34. The van der Waals surface area contributed by atoms with Crippen LogP contribution in [0.1, 0.15) is 43.9 Å². The van der Waals surface area contributed by atoms with Gasteiger partial charge in [-0.3, -0.25) is 4.79 Å². The van der Waals surface area contributed by atoms with Crippen LogP contribution in [-0.4, -0.2) is 45.0 Å². The maximum absolute atomic E-state index is 12.8. The van der Waals surface area contributed by atoms with Crippen LogP contribution < -0.4 is 15.5 Å². The summed E-state index contributed by atoms with van der Waals surface area (Å²) < 4.78 is 38.5. The fourth-order valence-corrected chi connectivity index (χ4v) is 4.44. The third-order valence-corrected chi connectivity index (χ3v) is 6.03. The highest BCUT2D eigenvalue weighted by Crippen LogP contribution is 2.36. The molecule has 1 fully saturated rings. The molecule has 11 heteroatoms. The van der Waals surface area contributed by atoms with Gasteiger partial charge in [0.15, 0.2) is 5.82 Å². The first-order valence-electron chi connectivity index (χ1n) is 10.6. The van der Waals surface area contributed by atoms with E-state index >= 15 is 0 Å². The molecule has 0 unspecified atom stereocenters. The number of hydrogen-bond donors (Lipinski definition) is 2. The Kier molecular flexibility index (Phi) is 5.68. The van der Waals surface area contributed by atoms with Crippen LogP contribution in [0.4, 0.5) is 30.5 Å². The van der Waals surface area contributed by atoms with Gasteiger partial charge in [-0.05, 0) is 31.6 Å². The minimum atomic E-state index is -4.50. The lowest BCUT2D eigenvalue weighted by molar-refractivity contribution is -0.141. The second-order valence-electron chi connectivity index (χ2n) is 8.88. The highest BCUT2D eigenvalue weighted by Gasteiger charge is 2.37. The van der Waals surface area contributed by atoms with Gasteiger partial charge in [-0.1, -0.05) is 13.8 Å². The molecule has 0 spiro atoms. The number of amides is 1. The summed E-state index contributed by atoms with van der Waals surface area (Å²) in [5.74, 6) is 2.00. The number of nitrogens with one attached hydrogen (secondary N) is 2. The van der Waals surface area contributed by atoms with E-state index in [-0.39, 0.29) is 29.7 Å². The molecule has 1 atom stereocenters. The number of aryl methyl sites for hydroxylation is 1. The van der Waals surface area contributed by atoms with Crippen molar-refractivity contribution >= 4 is 23.2 Å². The van der Waals surface area contributed by atoms with E-state index in [1.807, 2.05) is 32.7 Å². The Bertz CT molecular complexity index is 1020. The number of nitrogens with zero attached hydrogens (tertiary/aromatic N) is 5. The number of carbonyl (C=O) groups excluding carboxylic acids is 1. The van der Waals surface area contributed by atoms with Gasteiger partial charge in [0, 0.05) is 25.6 Å². The molecule has 2 N–H and O–H groups in total. The maximum atomic E-state index is 12.8. The molecule has 0 bridgehead atoms. The summed E-state index contributed by atoms with van der Waals surface area (Å²) in [7, 11) is 1.87. The number of hydrogen-bond acceptors (Lipinski definition) is 7. The van der Waals surface area contributed by atoms with Crippen LogP contribution in [-0.2, 0) is 17.4 Å². The van der Waals surface area contributed by atoms with Gasteiger partial charge in [0.05, 0.1) is 5.69 Å². The average molecular weight is 449 g/mol. The monoisotopic (exact) mass is 449 g/mol. The van der Waals surface area contributed by atoms with E-state index in [1.54, 1.807) is 0 Å². The van der Waals surface area contributed by atoms with E-state index < -0.39 is 11.9 Å². The molecule has 2 aromatic heterocycles. The fraction of sp³-hybridized carbons (Fsp3) is 0.571. The number of fused-ring (bicyclic) bond motifs is 1. The SMILES string of the molecule is Cc1nc(CC2CC(Nc3cc(C(F)(F)F)ncn3)C2)nc2c1NC(=O)[C@H](C(C)C)N2C. The first-order chi connectivity index (χ1) is 15.0. The number of carbonyl (C=O) groups is 1. The molecule has 1 amide bonds. The molecule has 3 heterocycles. The van der Waals surface area contributed by atoms with Crippen LogP contribution in [0, 0.1) is 18.8 Å². The Morgan fingerprint density at radius 1 is 1.25 bits per heavy atom. The second-order valence-corrected chi connectivity index (χ2v) is 8.88. The smallest absolute Gasteiger partial charge is 0.367 e. The molecule has 4 rings (SSSR count). The number of alkyl halides is 3. The van der Waals surface area contributed by atoms with E-state index in [9.17, 15) is 18.0 Å². The fourth-order valence-electron chi connectivity index (χ4n) is 4.44. The van der Waals surface area contributed by atoms with E-state index in [0.29, 0.717) is 23.9 Å². The third-order valence-electron chi connectivity index (χ3n) is 6.03. The zero-order valence-corrected chi connectivity index (χ0v) is 18.4. The van der Waals surface area contributed by atoms with Gasteiger partial charge < -0.3 is 15.5 Å². The Morgan fingerprint density at radius 2 is 1.97 bits per heavy atom. The average Bonchev–Trinajstić information content (AvgIpc) is 2.66. The molecular formula is C21H26F3N7O. The Labute approximate surface area is 184 Å². The van der Waals surface area contributed by atoms with E-state index in [1.165, 1.54) is 0 Å². The molecular weight excluding hydrogens is 423 g/mol. The molecule has 0 aromatic carbocycles. The summed E-state index contributed by atoms with van der Waals surface area (Å²) in [6, 6.07) is 0.678. The van der Waals surface area contributed by atoms with Crippen molar-refractivity contribution in [2.45, 2.75) is 58.3 Å². The van der Waals surface area contributed by atoms with Gasteiger partial charge in [-0.25, -0.2) is 19.9 Å². The second kappa shape index (κ2) is 8.18. The topological polar surface area (TPSA) is 95.9 Å². The quantitative estimate of drug-likeness (QED) is 0.722. The van der Waals surface area contributed by atoms with Gasteiger partial charge in [0.1, 0.15) is 35.4 Å². The molecule has 32 heavy (non-hydrogen) atoms. The highest BCUT2D eigenvalue weighted by molar-refractivity contribution is 6.03. The van der Waals surface area contributed by atoms with E-state index in [0.717, 1.165) is 36.7 Å². The van der Waals surface area contributed by atoms with Crippen molar-refractivity contribution in [1.29, 1.82) is 0 Å². The van der Waals surface area contributed by atoms with Crippen LogP contribution in [0.25, 0.3) is 0 Å². The Morgan fingerprint density at radius 3 is 2.62 bits per heavy atom. The summed E-state index contributed by atoms with van der Waals surface area (Å²) in [5, 5.41) is 5.99. The number of likely N-dealkylation sites (N-methyl/N-ethyl adjacent to an activating group) is 1.